The van der Waals surface area contributed by atoms with Crippen LogP contribution in [0.2, 0.25) is 0 Å². The minimum absolute atomic E-state index is 0.795. The Kier molecular flexibility index (Phi) is 6.36. The number of hydrogen-bond acceptors (Lipinski definition) is 5. The van der Waals surface area contributed by atoms with Crippen molar-refractivity contribution in [2.45, 2.75) is 6.92 Å². The molecule has 0 aliphatic heterocycles. The number of hydrogen-bond donors (Lipinski definition) is 1. The monoisotopic (exact) mass is 125 g/mol. The molecule has 2 N–H and O–H groups in total. The van der Waals surface area contributed by atoms with Crippen LogP contribution >= 0.6 is 12.0 Å². The molecular formula is C2H7NO3S. The third-order valence-corrected chi connectivity index (χ3v) is 0.621. The largest absolute Gasteiger partial charge is 0.180 e. The topological polar surface area (TPSA) is 53.7 Å². The first-order valence-electron chi connectivity index (χ1n) is 1.73. The summed E-state index contributed by atoms with van der Waals surface area (Å²) in [6, 6.07) is 0. The van der Waals surface area contributed by atoms with E-state index in [1.54, 1.807) is 0 Å². The Labute approximate surface area is 45.9 Å². The predicted molar refractivity (Wildman–Crippen MR) is 25.6 cm³/mol. The van der Waals surface area contributed by atoms with Crippen molar-refractivity contribution in [2.75, 3.05) is 5.75 Å². The molecule has 0 aromatic rings. The molecule has 0 bridgehead atoms. The Balaban J connectivity index is 2.45. The molecule has 7 heavy (non-hydrogen) atoms. The van der Waals surface area contributed by atoms with Crippen molar-refractivity contribution in [1.82, 2.24) is 0 Å². The third-order valence-electron chi connectivity index (χ3n) is 0.233. The van der Waals surface area contributed by atoms with E-state index in [2.05, 4.69) is 20.3 Å². The van der Waals surface area contributed by atoms with Gasteiger partial charge in [-0.2, -0.15) is 5.90 Å². The summed E-state index contributed by atoms with van der Waals surface area (Å²) in [5, 5.41) is 3.81. The molecule has 0 saturated heterocycles. The standard InChI is InChI=1S/C2H7NO3S/c1-2-7-6-5-4-3/h2-3H2,1H3. The first-order chi connectivity index (χ1) is 3.41. The highest BCUT2D eigenvalue weighted by Crippen LogP contribution is 1.99. The maximum absolute atomic E-state index is 4.41. The highest BCUT2D eigenvalue weighted by atomic mass is 32.2. The zero-order valence-electron chi connectivity index (χ0n) is 3.92. The Bertz CT molecular complexity index is 32.1. The van der Waals surface area contributed by atoms with E-state index >= 15 is 0 Å². The van der Waals surface area contributed by atoms with Gasteiger partial charge in [0.15, 0.2) is 0 Å². The van der Waals surface area contributed by atoms with Gasteiger partial charge in [0.05, 0.1) is 0 Å². The van der Waals surface area contributed by atoms with E-state index in [0.717, 1.165) is 17.8 Å². The Morgan fingerprint density at radius 2 is 2.43 bits per heavy atom. The van der Waals surface area contributed by atoms with E-state index in [-0.39, 0.29) is 0 Å². The van der Waals surface area contributed by atoms with Crippen molar-refractivity contribution in [1.29, 1.82) is 0 Å². The van der Waals surface area contributed by atoms with Crippen LogP contribution in [0.25, 0.3) is 0 Å². The average molecular weight is 125 g/mol. The summed E-state index contributed by atoms with van der Waals surface area (Å²) in [5.74, 6) is 5.20. The first-order valence-corrected chi connectivity index (χ1v) is 2.64. The van der Waals surface area contributed by atoms with Gasteiger partial charge >= 0.3 is 0 Å². The summed E-state index contributed by atoms with van der Waals surface area (Å²) < 4.78 is 4.20. The number of rotatable bonds is 4. The molecule has 0 fully saturated rings. The lowest BCUT2D eigenvalue weighted by molar-refractivity contribution is -0.464. The molecule has 0 aromatic heterocycles. The van der Waals surface area contributed by atoms with Gasteiger partial charge < -0.3 is 0 Å². The Hall–Kier alpha value is 0.190. The van der Waals surface area contributed by atoms with Gasteiger partial charge in [0.2, 0.25) is 0 Å². The fraction of sp³-hybridized carbons (Fsp3) is 1.00. The van der Waals surface area contributed by atoms with Crippen molar-refractivity contribution < 1.29 is 14.4 Å². The molecule has 0 amide bonds. The minimum Gasteiger partial charge on any atom is -0.180 e. The van der Waals surface area contributed by atoms with Crippen LogP contribution in [0.15, 0.2) is 0 Å². The van der Waals surface area contributed by atoms with E-state index in [4.69, 9.17) is 0 Å². The molecule has 0 aliphatic rings. The lowest BCUT2D eigenvalue weighted by Gasteiger charge is -1.91. The highest BCUT2D eigenvalue weighted by molar-refractivity contribution is 7.94. The normalized spacial score (nSPS) is 9.43. The molecule has 0 saturated carbocycles. The highest BCUT2D eigenvalue weighted by Gasteiger charge is 1.80. The third kappa shape index (κ3) is 6.19. The van der Waals surface area contributed by atoms with Crippen LogP contribution in [-0.2, 0) is 14.4 Å². The molecule has 4 nitrogen and oxygen atoms in total. The zero-order chi connectivity index (χ0) is 5.54. The quantitative estimate of drug-likeness (QED) is 0.255. The van der Waals surface area contributed by atoms with Crippen LogP contribution in [0.3, 0.4) is 0 Å². The molecule has 0 aromatic carbocycles. The minimum atomic E-state index is 0.795. The van der Waals surface area contributed by atoms with Gasteiger partial charge in [-0.1, -0.05) is 6.92 Å². The van der Waals surface area contributed by atoms with Gasteiger partial charge in [-0.15, -0.1) is 9.32 Å². The second-order valence-electron chi connectivity index (χ2n) is 0.639. The van der Waals surface area contributed by atoms with E-state index in [9.17, 15) is 0 Å². The molecular weight excluding hydrogens is 118 g/mol. The predicted octanol–water partition coefficient (Wildman–Crippen LogP) is 0.408. The lowest BCUT2D eigenvalue weighted by Crippen LogP contribution is -1.97. The van der Waals surface area contributed by atoms with Crippen molar-refractivity contribution in [3.8, 4) is 0 Å². The summed E-state index contributed by atoms with van der Waals surface area (Å²) in [6.45, 7) is 1.91. The fourth-order valence-corrected chi connectivity index (χ4v) is 0.251. The summed E-state index contributed by atoms with van der Waals surface area (Å²) in [6.07, 6.45) is 0. The Morgan fingerprint density at radius 3 is 2.86 bits per heavy atom. The summed E-state index contributed by atoms with van der Waals surface area (Å²) >= 11 is 1.11. The van der Waals surface area contributed by atoms with E-state index in [1.807, 2.05) is 6.92 Å². The summed E-state index contributed by atoms with van der Waals surface area (Å²) in [4.78, 5) is 3.60. The van der Waals surface area contributed by atoms with Crippen LogP contribution in [0, 0.1) is 0 Å². The van der Waals surface area contributed by atoms with Crippen molar-refractivity contribution in [3.63, 3.8) is 0 Å². The lowest BCUT2D eigenvalue weighted by atomic mass is 11.0. The van der Waals surface area contributed by atoms with Gasteiger partial charge in [-0.3, -0.25) is 0 Å². The van der Waals surface area contributed by atoms with Gasteiger partial charge in [-0.25, -0.2) is 0 Å². The second-order valence-corrected chi connectivity index (χ2v) is 1.59. The van der Waals surface area contributed by atoms with Gasteiger partial charge in [0.1, 0.15) is 0 Å². The first kappa shape index (κ1) is 7.19. The molecule has 0 spiro atoms. The van der Waals surface area contributed by atoms with Crippen LogP contribution < -0.4 is 5.90 Å². The van der Waals surface area contributed by atoms with Gasteiger partial charge in [0, 0.05) is 17.8 Å². The maximum atomic E-state index is 4.41. The smallest absolute Gasteiger partial charge is 0.0343 e. The van der Waals surface area contributed by atoms with Gasteiger partial charge in [0.25, 0.3) is 0 Å². The number of nitrogens with two attached hydrogens (primary N) is 1. The summed E-state index contributed by atoms with van der Waals surface area (Å²) in [5.41, 5.74) is 0. The molecule has 0 radical (unpaired) electrons. The van der Waals surface area contributed by atoms with E-state index < -0.39 is 0 Å². The average Bonchev–Trinajstić information content (AvgIpc) is 1.69. The van der Waals surface area contributed by atoms with Crippen LogP contribution in [0.4, 0.5) is 0 Å². The summed E-state index contributed by atoms with van der Waals surface area (Å²) in [7, 11) is 0. The van der Waals surface area contributed by atoms with Gasteiger partial charge in [-0.05, 0) is 5.04 Å². The molecule has 5 heteroatoms. The van der Waals surface area contributed by atoms with Crippen molar-refractivity contribution in [2.24, 2.45) is 5.90 Å². The van der Waals surface area contributed by atoms with Crippen molar-refractivity contribution in [3.05, 3.63) is 0 Å². The van der Waals surface area contributed by atoms with Crippen LogP contribution in [-0.4, -0.2) is 5.75 Å². The van der Waals surface area contributed by atoms with Crippen LogP contribution in [0.5, 0.6) is 0 Å². The SMILES string of the molecule is CCSOOON. The molecule has 44 valence electrons. The Morgan fingerprint density at radius 1 is 1.71 bits per heavy atom. The fourth-order valence-electron chi connectivity index (χ4n) is 0.0838. The van der Waals surface area contributed by atoms with E-state index in [0.29, 0.717) is 0 Å². The maximum Gasteiger partial charge on any atom is 0.0343 e. The molecule has 0 rings (SSSR count). The zero-order valence-corrected chi connectivity index (χ0v) is 4.73. The van der Waals surface area contributed by atoms with Crippen molar-refractivity contribution >= 4 is 12.0 Å². The molecule has 0 heterocycles. The van der Waals surface area contributed by atoms with E-state index in [1.165, 1.54) is 0 Å². The molecule has 0 atom stereocenters. The van der Waals surface area contributed by atoms with Crippen LogP contribution in [0.1, 0.15) is 6.92 Å². The second kappa shape index (κ2) is 6.19. The molecule has 0 unspecified atom stereocenters. The molecule has 0 aliphatic carbocycles.